The molecule has 0 bridgehead atoms. The largest absolute Gasteiger partial charge is 0.270 e. The topological polar surface area (TPSA) is 52.0 Å². The van der Waals surface area contributed by atoms with E-state index in [9.17, 15) is 8.42 Å². The van der Waals surface area contributed by atoms with Gasteiger partial charge in [-0.3, -0.25) is 0 Å². The summed E-state index contributed by atoms with van der Waals surface area (Å²) in [5.41, 5.74) is 1.48. The number of hydrogen-bond acceptors (Lipinski definition) is 3. The Morgan fingerprint density at radius 1 is 1.15 bits per heavy atom. The third-order valence-electron chi connectivity index (χ3n) is 3.12. The first kappa shape index (κ1) is 13.6. The fourth-order valence-corrected chi connectivity index (χ4v) is 4.79. The molecule has 3 rings (SSSR count). The van der Waals surface area contributed by atoms with Crippen LogP contribution in [-0.4, -0.2) is 17.4 Å². The van der Waals surface area contributed by atoms with Gasteiger partial charge in [-0.05, 0) is 59.3 Å². The molecule has 0 aliphatic heterocycles. The summed E-state index contributed by atoms with van der Waals surface area (Å²) in [6.07, 6.45) is 1.63. The van der Waals surface area contributed by atoms with Crippen molar-refractivity contribution in [1.29, 1.82) is 0 Å². The second-order valence-electron chi connectivity index (χ2n) is 4.41. The minimum Gasteiger partial charge on any atom is -0.237 e. The Morgan fingerprint density at radius 2 is 1.85 bits per heavy atom. The average molecular weight is 398 g/mol. The molecule has 0 amide bonds. The van der Waals surface area contributed by atoms with Gasteiger partial charge in [-0.15, -0.1) is 0 Å². The van der Waals surface area contributed by atoms with Gasteiger partial charge in [0, 0.05) is 11.6 Å². The predicted molar refractivity (Wildman–Crippen MR) is 86.2 cm³/mol. The van der Waals surface area contributed by atoms with Crippen LogP contribution in [0.4, 0.5) is 0 Å². The highest BCUT2D eigenvalue weighted by Crippen LogP contribution is 2.27. The first-order valence-electron chi connectivity index (χ1n) is 5.95. The van der Waals surface area contributed by atoms with E-state index >= 15 is 0 Å². The molecule has 0 spiro atoms. The Balaban J connectivity index is 2.36. The lowest BCUT2D eigenvalue weighted by atomic mass is 10.2. The molecule has 0 unspecified atom stereocenters. The molecule has 0 saturated heterocycles. The molecule has 2 heterocycles. The van der Waals surface area contributed by atoms with Gasteiger partial charge >= 0.3 is 0 Å². The summed E-state index contributed by atoms with van der Waals surface area (Å²) >= 11 is 2.03. The lowest BCUT2D eigenvalue weighted by Crippen LogP contribution is -2.14. The van der Waals surface area contributed by atoms with Crippen LogP contribution in [0.5, 0.6) is 0 Å². The second-order valence-corrected chi connectivity index (χ2v) is 7.31. The smallest absolute Gasteiger partial charge is 0.237 e. The molecule has 3 aromatic rings. The Hall–Kier alpha value is -1.41. The molecule has 0 atom stereocenters. The number of fused-ring (bicyclic) bond motifs is 1. The minimum atomic E-state index is -3.62. The molecule has 0 aliphatic rings. The number of nitrogens with zero attached hydrogens (tertiary/aromatic N) is 2. The molecule has 0 fully saturated rings. The Labute approximate surface area is 130 Å². The van der Waals surface area contributed by atoms with Crippen molar-refractivity contribution in [3.8, 4) is 0 Å². The summed E-state index contributed by atoms with van der Waals surface area (Å²) in [6, 6.07) is 12.1. The van der Waals surface area contributed by atoms with Crippen molar-refractivity contribution in [3.05, 3.63) is 57.9 Å². The van der Waals surface area contributed by atoms with E-state index in [1.807, 2.05) is 41.6 Å². The molecule has 102 valence electrons. The first-order chi connectivity index (χ1) is 9.51. The molecule has 2 aromatic heterocycles. The van der Waals surface area contributed by atoms with Gasteiger partial charge in [-0.2, -0.15) is 0 Å². The van der Waals surface area contributed by atoms with E-state index < -0.39 is 10.0 Å². The average Bonchev–Trinajstić information content (AvgIpc) is 2.78. The van der Waals surface area contributed by atoms with E-state index in [2.05, 4.69) is 4.98 Å². The summed E-state index contributed by atoms with van der Waals surface area (Å²) in [5, 5.41) is 0.858. The van der Waals surface area contributed by atoms with Crippen molar-refractivity contribution in [3.63, 3.8) is 0 Å². The van der Waals surface area contributed by atoms with Crippen LogP contribution in [0.1, 0.15) is 5.56 Å². The SMILES string of the molecule is Cc1ccnc2c1cc(I)n2S(=O)(=O)c1ccccc1. The fraction of sp³-hybridized carbons (Fsp3) is 0.0714. The lowest BCUT2D eigenvalue weighted by molar-refractivity contribution is 0.588. The number of rotatable bonds is 2. The molecule has 6 heteroatoms. The van der Waals surface area contributed by atoms with Crippen molar-refractivity contribution < 1.29 is 8.42 Å². The summed E-state index contributed by atoms with van der Waals surface area (Å²) in [6.45, 7) is 1.94. The maximum atomic E-state index is 12.8. The minimum absolute atomic E-state index is 0.263. The summed E-state index contributed by atoms with van der Waals surface area (Å²) in [7, 11) is -3.62. The zero-order valence-electron chi connectivity index (χ0n) is 10.6. The third kappa shape index (κ3) is 2.03. The van der Waals surface area contributed by atoms with Crippen LogP contribution in [0.2, 0.25) is 0 Å². The molecule has 0 aliphatic carbocycles. The maximum absolute atomic E-state index is 12.8. The Bertz CT molecular complexity index is 886. The van der Waals surface area contributed by atoms with Crippen LogP contribution in [0.3, 0.4) is 0 Å². The quantitative estimate of drug-likeness (QED) is 0.624. The molecule has 1 aromatic carbocycles. The van der Waals surface area contributed by atoms with Crippen LogP contribution < -0.4 is 0 Å². The maximum Gasteiger partial charge on any atom is 0.270 e. The van der Waals surface area contributed by atoms with Crippen LogP contribution in [0.15, 0.2) is 53.6 Å². The van der Waals surface area contributed by atoms with Gasteiger partial charge in [-0.25, -0.2) is 17.4 Å². The molecule has 20 heavy (non-hydrogen) atoms. The lowest BCUT2D eigenvalue weighted by Gasteiger charge is -2.08. The Kier molecular flexibility index (Phi) is 3.29. The predicted octanol–water partition coefficient (Wildman–Crippen LogP) is 3.19. The Morgan fingerprint density at radius 3 is 2.55 bits per heavy atom. The normalized spacial score (nSPS) is 11.9. The zero-order valence-corrected chi connectivity index (χ0v) is 13.6. The van der Waals surface area contributed by atoms with Crippen molar-refractivity contribution in [2.45, 2.75) is 11.8 Å². The van der Waals surface area contributed by atoms with Gasteiger partial charge in [0.2, 0.25) is 0 Å². The van der Waals surface area contributed by atoms with Gasteiger partial charge in [0.05, 0.1) is 8.60 Å². The number of halogens is 1. The van der Waals surface area contributed by atoms with E-state index in [1.54, 1.807) is 36.5 Å². The molecule has 0 radical (unpaired) electrons. The van der Waals surface area contributed by atoms with E-state index in [4.69, 9.17) is 0 Å². The van der Waals surface area contributed by atoms with E-state index in [0.29, 0.717) is 9.35 Å². The summed E-state index contributed by atoms with van der Waals surface area (Å²) in [5.74, 6) is 0. The molecule has 0 saturated carbocycles. The highest BCUT2D eigenvalue weighted by molar-refractivity contribution is 14.1. The second kappa shape index (κ2) is 4.85. The molecule has 4 nitrogen and oxygen atoms in total. The van der Waals surface area contributed by atoms with Crippen molar-refractivity contribution in [2.75, 3.05) is 0 Å². The summed E-state index contributed by atoms with van der Waals surface area (Å²) in [4.78, 5) is 4.50. The van der Waals surface area contributed by atoms with E-state index in [-0.39, 0.29) is 4.90 Å². The number of aromatic nitrogens is 2. The monoisotopic (exact) mass is 398 g/mol. The number of hydrogen-bond donors (Lipinski definition) is 0. The van der Waals surface area contributed by atoms with Crippen molar-refractivity contribution >= 4 is 43.6 Å². The highest BCUT2D eigenvalue weighted by Gasteiger charge is 2.23. The van der Waals surface area contributed by atoms with Crippen molar-refractivity contribution in [1.82, 2.24) is 8.96 Å². The van der Waals surface area contributed by atoms with Gasteiger partial charge in [0.25, 0.3) is 10.0 Å². The zero-order chi connectivity index (χ0) is 14.3. The molecular weight excluding hydrogens is 387 g/mol. The van der Waals surface area contributed by atoms with Gasteiger partial charge in [0.1, 0.15) is 0 Å². The number of benzene rings is 1. The molecular formula is C14H11IN2O2S. The molecule has 0 N–H and O–H groups in total. The van der Waals surface area contributed by atoms with Crippen molar-refractivity contribution in [2.24, 2.45) is 0 Å². The third-order valence-corrected chi connectivity index (χ3v) is 5.96. The first-order valence-corrected chi connectivity index (χ1v) is 8.47. The number of aryl methyl sites for hydroxylation is 1. The standard InChI is InChI=1S/C14H11IN2O2S/c1-10-7-8-16-14-12(10)9-13(15)17(14)20(18,19)11-5-3-2-4-6-11/h2-9H,1H3. The van der Waals surface area contributed by atoms with Crippen LogP contribution in [0.25, 0.3) is 11.0 Å². The highest BCUT2D eigenvalue weighted by atomic mass is 127. The fourth-order valence-electron chi connectivity index (χ4n) is 2.10. The number of pyridine rings is 1. The van der Waals surface area contributed by atoms with Crippen LogP contribution in [0, 0.1) is 10.6 Å². The summed E-state index contributed by atoms with van der Waals surface area (Å²) < 4.78 is 27.4. The van der Waals surface area contributed by atoms with E-state index in [0.717, 1.165) is 10.9 Å². The van der Waals surface area contributed by atoms with Gasteiger partial charge in [0.15, 0.2) is 5.65 Å². The van der Waals surface area contributed by atoms with Crippen LogP contribution >= 0.6 is 22.6 Å². The van der Waals surface area contributed by atoms with E-state index in [1.165, 1.54) is 3.97 Å². The van der Waals surface area contributed by atoms with Gasteiger partial charge < -0.3 is 0 Å². The van der Waals surface area contributed by atoms with Gasteiger partial charge in [-0.1, -0.05) is 18.2 Å². The van der Waals surface area contributed by atoms with Crippen LogP contribution in [-0.2, 0) is 10.0 Å².